The Bertz CT molecular complexity index is 737. The van der Waals surface area contributed by atoms with Gasteiger partial charge in [0, 0.05) is 18.2 Å². The van der Waals surface area contributed by atoms with Gasteiger partial charge in [-0.25, -0.2) is 0 Å². The molecule has 2 N–H and O–H groups in total. The molecule has 0 radical (unpaired) electrons. The van der Waals surface area contributed by atoms with Gasteiger partial charge in [0.15, 0.2) is 0 Å². The van der Waals surface area contributed by atoms with Crippen LogP contribution >= 0.6 is 0 Å². The number of carbonyl (C=O) groups excluding carboxylic acids is 1. The standard InChI is InChI=1S/C13H13NO4S/c1-9(15)14-13-7-6-10-4-2-3-5-11(10)12(13)8-19(16,17)18/h2-7H,8H2,1H3,(H,14,15)(H,16,17,18). The van der Waals surface area contributed by atoms with E-state index >= 15 is 0 Å². The minimum Gasteiger partial charge on any atom is -0.326 e. The first-order valence-electron chi connectivity index (χ1n) is 5.60. The second kappa shape index (κ2) is 4.99. The average molecular weight is 279 g/mol. The maximum atomic E-state index is 11.1. The molecule has 0 saturated carbocycles. The summed E-state index contributed by atoms with van der Waals surface area (Å²) in [6.07, 6.45) is 0. The van der Waals surface area contributed by atoms with Gasteiger partial charge in [0.25, 0.3) is 10.1 Å². The first-order valence-corrected chi connectivity index (χ1v) is 7.21. The maximum Gasteiger partial charge on any atom is 0.269 e. The van der Waals surface area contributed by atoms with Crippen molar-refractivity contribution in [3.63, 3.8) is 0 Å². The lowest BCUT2D eigenvalue weighted by Gasteiger charge is -2.12. The van der Waals surface area contributed by atoms with Crippen LogP contribution in [0.2, 0.25) is 0 Å². The normalized spacial score (nSPS) is 11.5. The van der Waals surface area contributed by atoms with Crippen molar-refractivity contribution in [2.75, 3.05) is 5.32 Å². The van der Waals surface area contributed by atoms with Gasteiger partial charge in [0.2, 0.25) is 5.91 Å². The second-order valence-electron chi connectivity index (χ2n) is 4.22. The molecule has 0 spiro atoms. The van der Waals surface area contributed by atoms with E-state index in [0.717, 1.165) is 5.39 Å². The predicted octanol–water partition coefficient (Wildman–Crippen LogP) is 2.19. The van der Waals surface area contributed by atoms with Crippen LogP contribution in [0.3, 0.4) is 0 Å². The second-order valence-corrected chi connectivity index (χ2v) is 5.67. The molecular weight excluding hydrogens is 266 g/mol. The zero-order valence-electron chi connectivity index (χ0n) is 10.3. The highest BCUT2D eigenvalue weighted by Gasteiger charge is 2.15. The minimum absolute atomic E-state index is 0.299. The Morgan fingerprint density at radius 1 is 1.21 bits per heavy atom. The Labute approximate surface area is 111 Å². The summed E-state index contributed by atoms with van der Waals surface area (Å²) in [5, 5.41) is 4.10. The lowest BCUT2D eigenvalue weighted by atomic mass is 10.0. The molecule has 2 aromatic rings. The third kappa shape index (κ3) is 3.30. The number of amides is 1. The number of fused-ring (bicyclic) bond motifs is 1. The average Bonchev–Trinajstić information content (AvgIpc) is 2.30. The molecule has 0 atom stereocenters. The molecular formula is C13H13NO4S. The van der Waals surface area contributed by atoms with Gasteiger partial charge >= 0.3 is 0 Å². The number of hydrogen-bond acceptors (Lipinski definition) is 3. The third-order valence-electron chi connectivity index (χ3n) is 2.68. The highest BCUT2D eigenvalue weighted by atomic mass is 32.2. The van der Waals surface area contributed by atoms with Gasteiger partial charge in [-0.15, -0.1) is 0 Å². The van der Waals surface area contributed by atoms with Crippen LogP contribution in [-0.4, -0.2) is 18.9 Å². The van der Waals surface area contributed by atoms with Gasteiger partial charge in [-0.2, -0.15) is 8.42 Å². The molecule has 6 heteroatoms. The highest BCUT2D eigenvalue weighted by Crippen LogP contribution is 2.27. The van der Waals surface area contributed by atoms with Crippen LogP contribution in [0.5, 0.6) is 0 Å². The lowest BCUT2D eigenvalue weighted by Crippen LogP contribution is -2.11. The van der Waals surface area contributed by atoms with E-state index in [1.54, 1.807) is 24.3 Å². The van der Waals surface area contributed by atoms with Crippen LogP contribution in [-0.2, 0) is 20.7 Å². The van der Waals surface area contributed by atoms with Crippen molar-refractivity contribution in [3.8, 4) is 0 Å². The maximum absolute atomic E-state index is 11.1. The van der Waals surface area contributed by atoms with Gasteiger partial charge < -0.3 is 5.32 Å². The summed E-state index contributed by atoms with van der Waals surface area (Å²) < 4.78 is 31.3. The zero-order chi connectivity index (χ0) is 14.0. The fraction of sp³-hybridized carbons (Fsp3) is 0.154. The molecule has 0 unspecified atom stereocenters. The quantitative estimate of drug-likeness (QED) is 0.843. The fourth-order valence-electron chi connectivity index (χ4n) is 1.98. The number of benzene rings is 2. The van der Waals surface area contributed by atoms with E-state index in [0.29, 0.717) is 16.6 Å². The molecule has 0 fully saturated rings. The molecule has 0 aliphatic rings. The van der Waals surface area contributed by atoms with Gasteiger partial charge in [-0.1, -0.05) is 30.3 Å². The number of nitrogens with one attached hydrogen (secondary N) is 1. The first kappa shape index (κ1) is 13.5. The molecule has 0 saturated heterocycles. The van der Waals surface area contributed by atoms with Crippen molar-refractivity contribution < 1.29 is 17.8 Å². The Morgan fingerprint density at radius 3 is 2.53 bits per heavy atom. The molecule has 0 aliphatic heterocycles. The smallest absolute Gasteiger partial charge is 0.269 e. The van der Waals surface area contributed by atoms with E-state index < -0.39 is 15.9 Å². The number of anilines is 1. The summed E-state index contributed by atoms with van der Waals surface area (Å²) in [6, 6.07) is 10.6. The van der Waals surface area contributed by atoms with Crippen LogP contribution in [0.25, 0.3) is 10.8 Å². The minimum atomic E-state index is -4.18. The van der Waals surface area contributed by atoms with Crippen LogP contribution in [0.15, 0.2) is 36.4 Å². The predicted molar refractivity (Wildman–Crippen MR) is 73.5 cm³/mol. The largest absolute Gasteiger partial charge is 0.326 e. The number of rotatable bonds is 3. The van der Waals surface area contributed by atoms with Crippen LogP contribution in [0.4, 0.5) is 5.69 Å². The molecule has 100 valence electrons. The Morgan fingerprint density at radius 2 is 1.89 bits per heavy atom. The number of carbonyl (C=O) groups is 1. The molecule has 0 heterocycles. The van der Waals surface area contributed by atoms with E-state index in [1.165, 1.54) is 6.92 Å². The van der Waals surface area contributed by atoms with E-state index in [1.807, 2.05) is 12.1 Å². The molecule has 0 bridgehead atoms. The van der Waals surface area contributed by atoms with Crippen LogP contribution in [0.1, 0.15) is 12.5 Å². The van der Waals surface area contributed by atoms with Gasteiger partial charge in [0.1, 0.15) is 5.75 Å². The van der Waals surface area contributed by atoms with Gasteiger partial charge in [0.05, 0.1) is 0 Å². The third-order valence-corrected chi connectivity index (χ3v) is 3.33. The molecule has 2 rings (SSSR count). The van der Waals surface area contributed by atoms with E-state index in [2.05, 4.69) is 5.32 Å². The number of hydrogen-bond donors (Lipinski definition) is 2. The first-order chi connectivity index (χ1) is 8.87. The van der Waals surface area contributed by atoms with Gasteiger partial charge in [-0.3, -0.25) is 9.35 Å². The van der Waals surface area contributed by atoms with E-state index in [-0.39, 0.29) is 5.91 Å². The fourth-order valence-corrected chi connectivity index (χ4v) is 2.66. The van der Waals surface area contributed by atoms with Crippen molar-refractivity contribution in [2.45, 2.75) is 12.7 Å². The van der Waals surface area contributed by atoms with E-state index in [9.17, 15) is 13.2 Å². The summed E-state index contributed by atoms with van der Waals surface area (Å²) in [7, 11) is -4.18. The van der Waals surface area contributed by atoms with Gasteiger partial charge in [-0.05, 0) is 16.8 Å². The van der Waals surface area contributed by atoms with Crippen LogP contribution in [0, 0.1) is 0 Å². The molecule has 1 amide bonds. The summed E-state index contributed by atoms with van der Waals surface area (Å²) in [6.45, 7) is 1.34. The monoisotopic (exact) mass is 279 g/mol. The SMILES string of the molecule is CC(=O)Nc1ccc2ccccc2c1CS(=O)(=O)O. The Hall–Kier alpha value is -1.92. The molecule has 5 nitrogen and oxygen atoms in total. The Balaban J connectivity index is 2.67. The van der Waals surface area contributed by atoms with Crippen molar-refractivity contribution in [1.82, 2.24) is 0 Å². The highest BCUT2D eigenvalue weighted by molar-refractivity contribution is 7.85. The summed E-state index contributed by atoms with van der Waals surface area (Å²) in [5.74, 6) is -0.837. The molecule has 19 heavy (non-hydrogen) atoms. The molecule has 2 aromatic carbocycles. The van der Waals surface area contributed by atoms with Crippen LogP contribution < -0.4 is 5.32 Å². The summed E-state index contributed by atoms with van der Waals surface area (Å²) in [4.78, 5) is 11.1. The van der Waals surface area contributed by atoms with Crippen molar-refractivity contribution in [1.29, 1.82) is 0 Å². The van der Waals surface area contributed by atoms with E-state index in [4.69, 9.17) is 4.55 Å². The van der Waals surface area contributed by atoms with Crippen molar-refractivity contribution in [2.24, 2.45) is 0 Å². The molecule has 0 aliphatic carbocycles. The zero-order valence-corrected chi connectivity index (χ0v) is 11.1. The van der Waals surface area contributed by atoms with Crippen molar-refractivity contribution in [3.05, 3.63) is 42.0 Å². The summed E-state index contributed by atoms with van der Waals surface area (Å²) >= 11 is 0. The van der Waals surface area contributed by atoms with Crippen molar-refractivity contribution >= 4 is 32.5 Å². The molecule has 0 aromatic heterocycles. The topological polar surface area (TPSA) is 83.5 Å². The summed E-state index contributed by atoms with van der Waals surface area (Å²) in [5.41, 5.74) is 0.777. The Kier molecular flexibility index (Phi) is 3.55. The lowest BCUT2D eigenvalue weighted by molar-refractivity contribution is -0.114.